The summed E-state index contributed by atoms with van der Waals surface area (Å²) in [6.45, 7) is 4.74. The molecular formula is C15H19ClN2O. The van der Waals surface area contributed by atoms with Gasteiger partial charge in [-0.3, -0.25) is 0 Å². The minimum Gasteiger partial charge on any atom is -0.496 e. The van der Waals surface area contributed by atoms with E-state index < -0.39 is 0 Å². The van der Waals surface area contributed by atoms with E-state index in [0.29, 0.717) is 0 Å². The summed E-state index contributed by atoms with van der Waals surface area (Å²) >= 11 is 6.04. The summed E-state index contributed by atoms with van der Waals surface area (Å²) < 4.78 is 7.50. The van der Waals surface area contributed by atoms with Crippen LogP contribution in [0.5, 0.6) is 5.75 Å². The van der Waals surface area contributed by atoms with Gasteiger partial charge in [-0.15, -0.1) is 0 Å². The van der Waals surface area contributed by atoms with Gasteiger partial charge in [0.2, 0.25) is 0 Å². The molecule has 0 radical (unpaired) electrons. The second-order valence-electron chi connectivity index (χ2n) is 4.43. The molecule has 0 saturated carbocycles. The Morgan fingerprint density at radius 2 is 2.16 bits per heavy atom. The maximum Gasteiger partial charge on any atom is 0.123 e. The van der Waals surface area contributed by atoms with E-state index in [9.17, 15) is 0 Å². The zero-order chi connectivity index (χ0) is 13.7. The van der Waals surface area contributed by atoms with E-state index in [1.807, 2.05) is 18.2 Å². The van der Waals surface area contributed by atoms with E-state index in [-0.39, 0.29) is 0 Å². The van der Waals surface area contributed by atoms with E-state index in [4.69, 9.17) is 16.3 Å². The summed E-state index contributed by atoms with van der Waals surface area (Å²) in [7, 11) is 1.68. The summed E-state index contributed by atoms with van der Waals surface area (Å²) in [6, 6.07) is 7.82. The van der Waals surface area contributed by atoms with Crippen LogP contribution in [-0.2, 0) is 13.1 Å². The molecule has 19 heavy (non-hydrogen) atoms. The lowest BCUT2D eigenvalue weighted by molar-refractivity contribution is 0.408. The van der Waals surface area contributed by atoms with Crippen molar-refractivity contribution >= 4 is 11.6 Å². The maximum absolute atomic E-state index is 6.04. The number of benzene rings is 1. The molecular weight excluding hydrogens is 260 g/mol. The van der Waals surface area contributed by atoms with Gasteiger partial charge >= 0.3 is 0 Å². The van der Waals surface area contributed by atoms with Crippen molar-refractivity contribution in [2.75, 3.05) is 13.7 Å². The van der Waals surface area contributed by atoms with Crippen molar-refractivity contribution in [1.82, 2.24) is 9.88 Å². The zero-order valence-electron chi connectivity index (χ0n) is 11.3. The molecule has 0 spiro atoms. The highest BCUT2D eigenvalue weighted by molar-refractivity contribution is 6.30. The van der Waals surface area contributed by atoms with Gasteiger partial charge in [0.25, 0.3) is 0 Å². The number of aromatic nitrogens is 1. The third kappa shape index (κ3) is 3.75. The molecule has 0 saturated heterocycles. The molecule has 2 rings (SSSR count). The average molecular weight is 279 g/mol. The molecule has 1 aromatic heterocycles. The van der Waals surface area contributed by atoms with Gasteiger partial charge in [-0.05, 0) is 36.4 Å². The topological polar surface area (TPSA) is 26.2 Å². The van der Waals surface area contributed by atoms with Gasteiger partial charge in [0.05, 0.1) is 13.7 Å². The fourth-order valence-corrected chi connectivity index (χ4v) is 2.22. The monoisotopic (exact) mass is 278 g/mol. The minimum atomic E-state index is 0.732. The van der Waals surface area contributed by atoms with Crippen molar-refractivity contribution in [2.45, 2.75) is 20.0 Å². The SMILES string of the molecule is CCNCc1ccn(Cc2cc(Cl)ccc2OC)c1. The van der Waals surface area contributed by atoms with Gasteiger partial charge in [0.15, 0.2) is 0 Å². The molecule has 1 heterocycles. The van der Waals surface area contributed by atoms with Crippen LogP contribution in [0.3, 0.4) is 0 Å². The van der Waals surface area contributed by atoms with Crippen LogP contribution in [0.4, 0.5) is 0 Å². The second-order valence-corrected chi connectivity index (χ2v) is 4.87. The predicted octanol–water partition coefficient (Wildman–Crippen LogP) is 3.31. The number of nitrogens with zero attached hydrogens (tertiary/aromatic N) is 1. The lowest BCUT2D eigenvalue weighted by Crippen LogP contribution is -2.11. The Bertz CT molecular complexity index is 537. The lowest BCUT2D eigenvalue weighted by Gasteiger charge is -2.09. The molecule has 0 aliphatic heterocycles. The Labute approximate surface area is 119 Å². The maximum atomic E-state index is 6.04. The summed E-state index contributed by atoms with van der Waals surface area (Å²) in [6.07, 6.45) is 4.22. The third-order valence-electron chi connectivity index (χ3n) is 2.99. The molecule has 0 unspecified atom stereocenters. The first kappa shape index (κ1) is 14.0. The fraction of sp³-hybridized carbons (Fsp3) is 0.333. The Morgan fingerprint density at radius 3 is 2.89 bits per heavy atom. The largest absolute Gasteiger partial charge is 0.496 e. The van der Waals surface area contributed by atoms with Crippen molar-refractivity contribution in [3.8, 4) is 5.75 Å². The number of hydrogen-bond donors (Lipinski definition) is 1. The first-order valence-corrected chi connectivity index (χ1v) is 6.78. The summed E-state index contributed by atoms with van der Waals surface area (Å²) in [5.74, 6) is 0.867. The second kappa shape index (κ2) is 6.64. The van der Waals surface area contributed by atoms with Gasteiger partial charge < -0.3 is 14.6 Å². The van der Waals surface area contributed by atoms with E-state index in [0.717, 1.165) is 36.0 Å². The van der Waals surface area contributed by atoms with Crippen LogP contribution < -0.4 is 10.1 Å². The summed E-state index contributed by atoms with van der Waals surface area (Å²) in [5.41, 5.74) is 2.36. The Hall–Kier alpha value is -1.45. The quantitative estimate of drug-likeness (QED) is 0.877. The van der Waals surface area contributed by atoms with Gasteiger partial charge in [0, 0.05) is 29.5 Å². The Balaban J connectivity index is 2.12. The average Bonchev–Trinajstić information content (AvgIpc) is 2.84. The van der Waals surface area contributed by atoms with Gasteiger partial charge in [-0.1, -0.05) is 18.5 Å². The van der Waals surface area contributed by atoms with Crippen LogP contribution in [0.1, 0.15) is 18.1 Å². The molecule has 2 aromatic rings. The molecule has 0 bridgehead atoms. The molecule has 1 N–H and O–H groups in total. The normalized spacial score (nSPS) is 10.7. The molecule has 0 atom stereocenters. The lowest BCUT2D eigenvalue weighted by atomic mass is 10.2. The highest BCUT2D eigenvalue weighted by atomic mass is 35.5. The first-order valence-electron chi connectivity index (χ1n) is 6.40. The van der Waals surface area contributed by atoms with E-state index in [1.165, 1.54) is 5.56 Å². The molecule has 0 aliphatic carbocycles. The zero-order valence-corrected chi connectivity index (χ0v) is 12.1. The van der Waals surface area contributed by atoms with Crippen LogP contribution in [0, 0.1) is 0 Å². The number of hydrogen-bond acceptors (Lipinski definition) is 2. The predicted molar refractivity (Wildman–Crippen MR) is 78.9 cm³/mol. The summed E-state index contributed by atoms with van der Waals surface area (Å²) in [4.78, 5) is 0. The molecule has 0 aliphatic rings. The molecule has 4 heteroatoms. The Morgan fingerprint density at radius 1 is 1.32 bits per heavy atom. The van der Waals surface area contributed by atoms with Crippen molar-refractivity contribution in [2.24, 2.45) is 0 Å². The van der Waals surface area contributed by atoms with Crippen LogP contribution in [-0.4, -0.2) is 18.2 Å². The number of nitrogens with one attached hydrogen (secondary N) is 1. The van der Waals surface area contributed by atoms with Crippen molar-refractivity contribution < 1.29 is 4.74 Å². The molecule has 0 fully saturated rings. The number of halogens is 1. The smallest absolute Gasteiger partial charge is 0.123 e. The highest BCUT2D eigenvalue weighted by Crippen LogP contribution is 2.23. The van der Waals surface area contributed by atoms with E-state index in [2.05, 4.69) is 35.3 Å². The molecule has 3 nitrogen and oxygen atoms in total. The summed E-state index contributed by atoms with van der Waals surface area (Å²) in [5, 5.41) is 4.05. The van der Waals surface area contributed by atoms with Crippen LogP contribution in [0.15, 0.2) is 36.7 Å². The van der Waals surface area contributed by atoms with Crippen molar-refractivity contribution in [1.29, 1.82) is 0 Å². The molecule has 102 valence electrons. The minimum absolute atomic E-state index is 0.732. The van der Waals surface area contributed by atoms with Gasteiger partial charge in [0.1, 0.15) is 5.75 Å². The van der Waals surface area contributed by atoms with Crippen LogP contribution >= 0.6 is 11.6 Å². The van der Waals surface area contributed by atoms with Gasteiger partial charge in [-0.25, -0.2) is 0 Å². The van der Waals surface area contributed by atoms with E-state index >= 15 is 0 Å². The van der Waals surface area contributed by atoms with Crippen molar-refractivity contribution in [3.05, 3.63) is 52.8 Å². The van der Waals surface area contributed by atoms with Crippen LogP contribution in [0.25, 0.3) is 0 Å². The third-order valence-corrected chi connectivity index (χ3v) is 3.22. The van der Waals surface area contributed by atoms with E-state index in [1.54, 1.807) is 7.11 Å². The highest BCUT2D eigenvalue weighted by Gasteiger charge is 2.05. The fourth-order valence-electron chi connectivity index (χ4n) is 2.03. The number of ether oxygens (including phenoxy) is 1. The van der Waals surface area contributed by atoms with Gasteiger partial charge in [-0.2, -0.15) is 0 Å². The van der Waals surface area contributed by atoms with Crippen molar-refractivity contribution in [3.63, 3.8) is 0 Å². The first-order chi connectivity index (χ1) is 9.22. The number of rotatable bonds is 6. The van der Waals surface area contributed by atoms with Crippen LogP contribution in [0.2, 0.25) is 5.02 Å². The number of methoxy groups -OCH3 is 1. The molecule has 0 amide bonds. The standard InChI is InChI=1S/C15H19ClN2O/c1-3-17-9-12-6-7-18(10-12)11-13-8-14(16)4-5-15(13)19-2/h4-8,10,17H,3,9,11H2,1-2H3. The molecule has 1 aromatic carbocycles. The Kier molecular flexibility index (Phi) is 4.88.